The summed E-state index contributed by atoms with van der Waals surface area (Å²) in [6.45, 7) is 2.40. The number of esters is 1. The Morgan fingerprint density at radius 1 is 0.806 bits per heavy atom. The number of benzene rings is 4. The van der Waals surface area contributed by atoms with Gasteiger partial charge in [-0.1, -0.05) is 36.4 Å². The number of amides is 2. The molecule has 0 aliphatic heterocycles. The fourth-order valence-corrected chi connectivity index (χ4v) is 3.39. The Kier molecular flexibility index (Phi) is 7.67. The van der Waals surface area contributed by atoms with Gasteiger partial charge in [-0.05, 0) is 77.9 Å². The molecule has 0 saturated heterocycles. The molecule has 4 aromatic rings. The second-order valence-corrected chi connectivity index (χ2v) is 7.60. The van der Waals surface area contributed by atoms with Crippen molar-refractivity contribution < 1.29 is 23.9 Å². The number of carbonyl (C=O) groups excluding carboxylic acids is 3. The summed E-state index contributed by atoms with van der Waals surface area (Å²) in [5.74, 6) is -1.20. The molecule has 36 heavy (non-hydrogen) atoms. The molecule has 0 radical (unpaired) electrons. The standard InChI is InChI=1S/C28H23N3O5/c1-2-35-22-16-12-21(13-17-22)30-26(32)27(33)31-29-18-19-10-14-23(15-11-19)36-28(34)25-9-5-7-20-6-3-4-8-24(20)25/h3-18H,2H2,1H3,(H,30,32)(H,31,33)/b29-18-. The number of anilines is 1. The van der Waals surface area contributed by atoms with Crippen LogP contribution >= 0.6 is 0 Å². The first kappa shape index (κ1) is 24.2. The quantitative estimate of drug-likeness (QED) is 0.132. The topological polar surface area (TPSA) is 106 Å². The maximum absolute atomic E-state index is 12.7. The molecule has 0 atom stereocenters. The number of nitrogens with zero attached hydrogens (tertiary/aromatic N) is 1. The SMILES string of the molecule is CCOc1ccc(NC(=O)C(=O)N/N=C\c2ccc(OC(=O)c3cccc4ccccc34)cc2)cc1. The highest BCUT2D eigenvalue weighted by Gasteiger charge is 2.13. The molecule has 4 aromatic carbocycles. The minimum absolute atomic E-state index is 0.365. The zero-order valence-corrected chi connectivity index (χ0v) is 19.4. The smallest absolute Gasteiger partial charge is 0.344 e. The lowest BCUT2D eigenvalue weighted by Gasteiger charge is -2.07. The summed E-state index contributed by atoms with van der Waals surface area (Å²) in [6.07, 6.45) is 1.37. The van der Waals surface area contributed by atoms with Gasteiger partial charge in [0.1, 0.15) is 11.5 Å². The van der Waals surface area contributed by atoms with Crippen molar-refractivity contribution in [1.82, 2.24) is 5.43 Å². The number of ether oxygens (including phenoxy) is 2. The fourth-order valence-electron chi connectivity index (χ4n) is 3.39. The molecule has 0 heterocycles. The van der Waals surface area contributed by atoms with Crippen LogP contribution in [-0.2, 0) is 9.59 Å². The predicted molar refractivity (Wildman–Crippen MR) is 137 cm³/mol. The normalized spacial score (nSPS) is 10.7. The largest absolute Gasteiger partial charge is 0.494 e. The number of fused-ring (bicyclic) bond motifs is 1. The average molecular weight is 482 g/mol. The van der Waals surface area contributed by atoms with Gasteiger partial charge in [0.2, 0.25) is 0 Å². The fraction of sp³-hybridized carbons (Fsp3) is 0.0714. The third kappa shape index (κ3) is 6.12. The molecular weight excluding hydrogens is 458 g/mol. The number of hydrazone groups is 1. The van der Waals surface area contributed by atoms with Crippen LogP contribution < -0.4 is 20.2 Å². The van der Waals surface area contributed by atoms with E-state index >= 15 is 0 Å². The molecule has 0 aliphatic rings. The summed E-state index contributed by atoms with van der Waals surface area (Å²) >= 11 is 0. The molecule has 2 amide bonds. The van der Waals surface area contributed by atoms with E-state index in [1.165, 1.54) is 6.21 Å². The summed E-state index contributed by atoms with van der Waals surface area (Å²) < 4.78 is 10.8. The first-order valence-corrected chi connectivity index (χ1v) is 11.2. The second-order valence-electron chi connectivity index (χ2n) is 7.60. The summed E-state index contributed by atoms with van der Waals surface area (Å²) in [6, 6.07) is 26.3. The number of hydrogen-bond donors (Lipinski definition) is 2. The predicted octanol–water partition coefficient (Wildman–Crippen LogP) is 4.55. The Labute approximate surface area is 207 Å². The maximum Gasteiger partial charge on any atom is 0.344 e. The molecule has 2 N–H and O–H groups in total. The van der Waals surface area contributed by atoms with Crippen LogP contribution in [0.5, 0.6) is 11.5 Å². The zero-order valence-electron chi connectivity index (χ0n) is 19.4. The van der Waals surface area contributed by atoms with E-state index in [0.717, 1.165) is 10.8 Å². The molecule has 0 saturated carbocycles. The Hall–Kier alpha value is -4.98. The van der Waals surface area contributed by atoms with Crippen molar-refractivity contribution in [2.45, 2.75) is 6.92 Å². The third-order valence-corrected chi connectivity index (χ3v) is 5.11. The van der Waals surface area contributed by atoms with Gasteiger partial charge in [-0.2, -0.15) is 5.10 Å². The molecule has 0 aliphatic carbocycles. The molecule has 8 heteroatoms. The van der Waals surface area contributed by atoms with E-state index in [2.05, 4.69) is 15.8 Å². The molecule has 0 unspecified atom stereocenters. The van der Waals surface area contributed by atoms with Gasteiger partial charge in [0.05, 0.1) is 18.4 Å². The van der Waals surface area contributed by atoms with Gasteiger partial charge in [-0.3, -0.25) is 9.59 Å². The van der Waals surface area contributed by atoms with Gasteiger partial charge in [0.15, 0.2) is 0 Å². The van der Waals surface area contributed by atoms with Gasteiger partial charge in [-0.25, -0.2) is 10.2 Å². The Bertz CT molecular complexity index is 1410. The lowest BCUT2D eigenvalue weighted by Crippen LogP contribution is -2.32. The first-order chi connectivity index (χ1) is 17.5. The van der Waals surface area contributed by atoms with Gasteiger partial charge >= 0.3 is 17.8 Å². The molecule has 0 fully saturated rings. The molecule has 8 nitrogen and oxygen atoms in total. The third-order valence-electron chi connectivity index (χ3n) is 5.11. The van der Waals surface area contributed by atoms with E-state index in [1.54, 1.807) is 54.6 Å². The summed E-state index contributed by atoms with van der Waals surface area (Å²) in [7, 11) is 0. The Balaban J connectivity index is 1.30. The van der Waals surface area contributed by atoms with Crippen LogP contribution in [-0.4, -0.2) is 30.6 Å². The van der Waals surface area contributed by atoms with E-state index in [4.69, 9.17) is 9.47 Å². The Morgan fingerprint density at radius 2 is 1.50 bits per heavy atom. The van der Waals surface area contributed by atoms with Crippen LogP contribution in [0.1, 0.15) is 22.8 Å². The summed E-state index contributed by atoms with van der Waals surface area (Å²) in [5.41, 5.74) is 3.74. The van der Waals surface area contributed by atoms with Gasteiger partial charge in [0.25, 0.3) is 0 Å². The van der Waals surface area contributed by atoms with E-state index in [0.29, 0.717) is 34.9 Å². The minimum atomic E-state index is -0.916. The monoisotopic (exact) mass is 481 g/mol. The van der Waals surface area contributed by atoms with Gasteiger partial charge < -0.3 is 14.8 Å². The lowest BCUT2D eigenvalue weighted by molar-refractivity contribution is -0.136. The highest BCUT2D eigenvalue weighted by molar-refractivity contribution is 6.39. The highest BCUT2D eigenvalue weighted by Crippen LogP contribution is 2.21. The molecular formula is C28H23N3O5. The van der Waals surface area contributed by atoms with Crippen LogP contribution in [0.15, 0.2) is 96.1 Å². The summed E-state index contributed by atoms with van der Waals surface area (Å²) in [5, 5.41) is 8.05. The maximum atomic E-state index is 12.7. The van der Waals surface area contributed by atoms with Crippen molar-refractivity contribution >= 4 is 40.5 Å². The van der Waals surface area contributed by atoms with Gasteiger partial charge in [-0.15, -0.1) is 0 Å². The van der Waals surface area contributed by atoms with Crippen molar-refractivity contribution in [3.8, 4) is 11.5 Å². The molecule has 180 valence electrons. The van der Waals surface area contributed by atoms with Crippen LogP contribution in [0, 0.1) is 0 Å². The zero-order chi connectivity index (χ0) is 25.3. The van der Waals surface area contributed by atoms with E-state index in [9.17, 15) is 14.4 Å². The summed E-state index contributed by atoms with van der Waals surface area (Å²) in [4.78, 5) is 36.7. The van der Waals surface area contributed by atoms with Crippen molar-refractivity contribution in [2.75, 3.05) is 11.9 Å². The van der Waals surface area contributed by atoms with Crippen LogP contribution in [0.3, 0.4) is 0 Å². The number of nitrogens with one attached hydrogen (secondary N) is 2. The molecule has 0 aromatic heterocycles. The first-order valence-electron chi connectivity index (χ1n) is 11.2. The van der Waals surface area contributed by atoms with E-state index < -0.39 is 17.8 Å². The minimum Gasteiger partial charge on any atom is -0.494 e. The van der Waals surface area contributed by atoms with Crippen LogP contribution in [0.4, 0.5) is 5.69 Å². The number of hydrogen-bond acceptors (Lipinski definition) is 6. The van der Waals surface area contributed by atoms with Crippen molar-refractivity contribution in [2.24, 2.45) is 5.10 Å². The molecule has 0 spiro atoms. The highest BCUT2D eigenvalue weighted by atomic mass is 16.5. The Morgan fingerprint density at radius 3 is 2.25 bits per heavy atom. The lowest BCUT2D eigenvalue weighted by atomic mass is 10.0. The van der Waals surface area contributed by atoms with Crippen molar-refractivity contribution in [3.05, 3.63) is 102 Å². The molecule has 4 rings (SSSR count). The van der Waals surface area contributed by atoms with E-state index in [-0.39, 0.29) is 0 Å². The van der Waals surface area contributed by atoms with Gasteiger partial charge in [0, 0.05) is 5.69 Å². The number of carbonyl (C=O) groups is 3. The van der Waals surface area contributed by atoms with Crippen LogP contribution in [0.2, 0.25) is 0 Å². The van der Waals surface area contributed by atoms with Crippen molar-refractivity contribution in [3.63, 3.8) is 0 Å². The van der Waals surface area contributed by atoms with E-state index in [1.807, 2.05) is 43.3 Å². The molecule has 0 bridgehead atoms. The number of rotatable bonds is 7. The van der Waals surface area contributed by atoms with Crippen LogP contribution in [0.25, 0.3) is 10.8 Å². The average Bonchev–Trinajstić information content (AvgIpc) is 2.90. The second kappa shape index (κ2) is 11.4. The van der Waals surface area contributed by atoms with Crippen molar-refractivity contribution in [1.29, 1.82) is 0 Å².